The van der Waals surface area contributed by atoms with Crippen molar-refractivity contribution in [1.82, 2.24) is 5.32 Å². The van der Waals surface area contributed by atoms with Crippen LogP contribution in [0.4, 0.5) is 13.2 Å². The maximum atomic E-state index is 12.5. The second kappa shape index (κ2) is 9.77. The number of halogens is 3. The molecule has 0 aliphatic rings. The Morgan fingerprint density at radius 1 is 1.03 bits per heavy atom. The van der Waals surface area contributed by atoms with Gasteiger partial charge in [0.2, 0.25) is 0 Å². The molecule has 0 atom stereocenters. The van der Waals surface area contributed by atoms with Crippen LogP contribution >= 0.6 is 11.8 Å². The van der Waals surface area contributed by atoms with E-state index in [-0.39, 0.29) is 11.7 Å². The third kappa shape index (κ3) is 7.02. The van der Waals surface area contributed by atoms with E-state index in [0.717, 1.165) is 21.6 Å². The van der Waals surface area contributed by atoms with E-state index in [0.29, 0.717) is 5.56 Å². The fourth-order valence-electron chi connectivity index (χ4n) is 3.08. The highest BCUT2D eigenvalue weighted by atomic mass is 32.2. The van der Waals surface area contributed by atoms with Crippen molar-refractivity contribution in [2.75, 3.05) is 7.11 Å². The minimum Gasteiger partial charge on any atom is -0.465 e. The molecule has 0 unspecified atom stereocenters. The summed E-state index contributed by atoms with van der Waals surface area (Å²) in [5.41, 5.74) is 2.05. The highest BCUT2D eigenvalue weighted by Gasteiger charge is 2.41. The molecule has 1 amide bonds. The molecule has 0 saturated heterocycles. The van der Waals surface area contributed by atoms with Crippen LogP contribution in [0, 0.1) is 0 Å². The summed E-state index contributed by atoms with van der Waals surface area (Å²) < 4.78 is 42.4. The first kappa shape index (κ1) is 24.8. The standard InChI is InChI=1S/C23H26F3NO3S/c1-14(2)31-19-12-17(10-11-18(19)20(28)30-5)16-8-6-15(7-9-16)13-22(3,4)27-21(29)23(24,25)26/h6-12,14H,13H2,1-5H3,(H,27,29). The molecule has 0 fully saturated rings. The topological polar surface area (TPSA) is 55.4 Å². The van der Waals surface area contributed by atoms with Crippen molar-refractivity contribution in [1.29, 1.82) is 0 Å². The predicted molar refractivity (Wildman–Crippen MR) is 116 cm³/mol. The number of hydrogen-bond donors (Lipinski definition) is 1. The molecule has 4 nitrogen and oxygen atoms in total. The summed E-state index contributed by atoms with van der Waals surface area (Å²) in [7, 11) is 1.34. The van der Waals surface area contributed by atoms with E-state index in [1.807, 2.05) is 55.6 Å². The summed E-state index contributed by atoms with van der Waals surface area (Å²) in [6, 6.07) is 12.9. The summed E-state index contributed by atoms with van der Waals surface area (Å²) in [4.78, 5) is 24.1. The van der Waals surface area contributed by atoms with Crippen LogP contribution in [0.25, 0.3) is 11.1 Å². The molecule has 2 rings (SSSR count). The van der Waals surface area contributed by atoms with Gasteiger partial charge < -0.3 is 10.1 Å². The van der Waals surface area contributed by atoms with Crippen LogP contribution in [0.1, 0.15) is 43.6 Å². The van der Waals surface area contributed by atoms with E-state index in [1.54, 1.807) is 31.7 Å². The van der Waals surface area contributed by atoms with E-state index >= 15 is 0 Å². The zero-order valence-corrected chi connectivity index (χ0v) is 18.9. The molecule has 1 N–H and O–H groups in total. The first-order valence-electron chi connectivity index (χ1n) is 9.70. The van der Waals surface area contributed by atoms with Gasteiger partial charge in [-0.05, 0) is 49.1 Å². The Balaban J connectivity index is 2.23. The van der Waals surface area contributed by atoms with Gasteiger partial charge in [-0.3, -0.25) is 4.79 Å². The molecule has 0 aliphatic heterocycles. The molecule has 168 valence electrons. The monoisotopic (exact) mass is 453 g/mol. The Morgan fingerprint density at radius 2 is 1.61 bits per heavy atom. The molecule has 2 aromatic carbocycles. The van der Waals surface area contributed by atoms with Crippen molar-refractivity contribution in [3.63, 3.8) is 0 Å². The number of carbonyl (C=O) groups is 2. The van der Waals surface area contributed by atoms with Gasteiger partial charge in [-0.1, -0.05) is 44.2 Å². The Hall–Kier alpha value is -2.48. The maximum absolute atomic E-state index is 12.5. The van der Waals surface area contributed by atoms with Gasteiger partial charge in [-0.25, -0.2) is 4.79 Å². The lowest BCUT2D eigenvalue weighted by atomic mass is 9.93. The number of thioether (sulfide) groups is 1. The largest absolute Gasteiger partial charge is 0.471 e. The maximum Gasteiger partial charge on any atom is 0.471 e. The quantitative estimate of drug-likeness (QED) is 0.435. The number of rotatable bonds is 7. The lowest BCUT2D eigenvalue weighted by Crippen LogP contribution is -2.50. The van der Waals surface area contributed by atoms with E-state index in [2.05, 4.69) is 0 Å². The summed E-state index contributed by atoms with van der Waals surface area (Å²) >= 11 is 1.56. The minimum absolute atomic E-state index is 0.241. The predicted octanol–water partition coefficient (Wildman–Crippen LogP) is 5.64. The molecule has 0 heterocycles. The van der Waals surface area contributed by atoms with Crippen LogP contribution in [0.3, 0.4) is 0 Å². The zero-order chi connectivity index (χ0) is 23.4. The van der Waals surface area contributed by atoms with E-state index < -0.39 is 23.6 Å². The van der Waals surface area contributed by atoms with Crippen molar-refractivity contribution in [3.05, 3.63) is 53.6 Å². The van der Waals surface area contributed by atoms with E-state index in [9.17, 15) is 22.8 Å². The molecule has 8 heteroatoms. The van der Waals surface area contributed by atoms with Crippen LogP contribution in [0.15, 0.2) is 47.4 Å². The van der Waals surface area contributed by atoms with E-state index in [4.69, 9.17) is 4.74 Å². The van der Waals surface area contributed by atoms with Gasteiger partial charge >= 0.3 is 18.1 Å². The Kier molecular flexibility index (Phi) is 7.81. The Bertz CT molecular complexity index is 938. The summed E-state index contributed by atoms with van der Waals surface area (Å²) in [5.74, 6) is -2.34. The minimum atomic E-state index is -4.91. The van der Waals surface area contributed by atoms with Gasteiger partial charge in [0.1, 0.15) is 0 Å². The molecule has 0 aromatic heterocycles. The normalized spacial score (nSPS) is 12.0. The second-order valence-electron chi connectivity index (χ2n) is 8.08. The van der Waals surface area contributed by atoms with Gasteiger partial charge in [-0.2, -0.15) is 13.2 Å². The first-order chi connectivity index (χ1) is 14.3. The number of methoxy groups -OCH3 is 1. The Morgan fingerprint density at radius 3 is 2.13 bits per heavy atom. The number of hydrogen-bond acceptors (Lipinski definition) is 4. The average molecular weight is 454 g/mol. The van der Waals surface area contributed by atoms with Gasteiger partial charge in [0.25, 0.3) is 0 Å². The summed E-state index contributed by atoms with van der Waals surface area (Å²) in [6.07, 6.45) is -4.67. The molecule has 0 radical (unpaired) electrons. The third-order valence-electron chi connectivity index (χ3n) is 4.39. The summed E-state index contributed by atoms with van der Waals surface area (Å²) in [6.45, 7) is 7.16. The number of alkyl halides is 3. The fraction of sp³-hybridized carbons (Fsp3) is 0.391. The molecule has 0 spiro atoms. The molecule has 0 saturated carbocycles. The third-order valence-corrected chi connectivity index (χ3v) is 5.46. The van der Waals surface area contributed by atoms with Crippen LogP contribution in [-0.2, 0) is 16.0 Å². The SMILES string of the molecule is COC(=O)c1ccc(-c2ccc(CC(C)(C)NC(=O)C(F)(F)F)cc2)cc1SC(C)C. The van der Waals surface area contributed by atoms with Gasteiger partial charge in [-0.15, -0.1) is 11.8 Å². The summed E-state index contributed by atoms with van der Waals surface area (Å²) in [5, 5.41) is 2.30. The van der Waals surface area contributed by atoms with Crippen molar-refractivity contribution >= 4 is 23.6 Å². The Labute approximate surface area is 184 Å². The molecular weight excluding hydrogens is 427 g/mol. The molecule has 0 bridgehead atoms. The fourth-order valence-corrected chi connectivity index (χ4v) is 4.06. The van der Waals surface area contributed by atoms with Crippen LogP contribution in [0.5, 0.6) is 0 Å². The highest BCUT2D eigenvalue weighted by molar-refractivity contribution is 8.00. The first-order valence-corrected chi connectivity index (χ1v) is 10.6. The molecule has 2 aromatic rings. The van der Waals surface area contributed by atoms with Crippen molar-refractivity contribution < 1.29 is 27.5 Å². The van der Waals surface area contributed by atoms with Gasteiger partial charge in [0.05, 0.1) is 12.7 Å². The number of ether oxygens (including phenoxy) is 1. The number of nitrogens with one attached hydrogen (secondary N) is 1. The lowest BCUT2D eigenvalue weighted by molar-refractivity contribution is -0.175. The van der Waals surface area contributed by atoms with Crippen LogP contribution in [0.2, 0.25) is 0 Å². The molecular formula is C23H26F3NO3S. The van der Waals surface area contributed by atoms with Crippen LogP contribution < -0.4 is 5.32 Å². The number of benzene rings is 2. The van der Waals surface area contributed by atoms with Crippen molar-refractivity contribution in [2.24, 2.45) is 0 Å². The number of carbonyl (C=O) groups excluding carboxylic acids is 2. The van der Waals surface area contributed by atoms with Crippen molar-refractivity contribution in [2.45, 2.75) is 56.0 Å². The van der Waals surface area contributed by atoms with Gasteiger partial charge in [0, 0.05) is 15.7 Å². The average Bonchev–Trinajstić information content (AvgIpc) is 2.66. The zero-order valence-electron chi connectivity index (χ0n) is 18.1. The lowest BCUT2D eigenvalue weighted by Gasteiger charge is -2.27. The molecule has 0 aliphatic carbocycles. The highest BCUT2D eigenvalue weighted by Crippen LogP contribution is 2.32. The van der Waals surface area contributed by atoms with Crippen LogP contribution in [-0.4, -0.2) is 36.0 Å². The second-order valence-corrected chi connectivity index (χ2v) is 9.70. The number of amides is 1. The van der Waals surface area contributed by atoms with E-state index in [1.165, 1.54) is 7.11 Å². The van der Waals surface area contributed by atoms with Crippen molar-refractivity contribution in [3.8, 4) is 11.1 Å². The van der Waals surface area contributed by atoms with Gasteiger partial charge in [0.15, 0.2) is 0 Å². The molecule has 31 heavy (non-hydrogen) atoms. The smallest absolute Gasteiger partial charge is 0.465 e. The number of esters is 1.